The minimum Gasteiger partial charge on any atom is -0.492 e. The minimum absolute atomic E-state index is 0.0278. The van der Waals surface area contributed by atoms with E-state index in [4.69, 9.17) is 4.74 Å². The van der Waals surface area contributed by atoms with E-state index in [0.29, 0.717) is 34.9 Å². The van der Waals surface area contributed by atoms with Gasteiger partial charge in [-0.15, -0.1) is 0 Å². The van der Waals surface area contributed by atoms with E-state index in [-0.39, 0.29) is 17.2 Å². The molecule has 0 aliphatic heterocycles. The molecule has 6 heteroatoms. The van der Waals surface area contributed by atoms with Crippen LogP contribution < -0.4 is 15.4 Å². The summed E-state index contributed by atoms with van der Waals surface area (Å²) in [5, 5.41) is 5.77. The summed E-state index contributed by atoms with van der Waals surface area (Å²) in [6.45, 7) is 9.05. The van der Waals surface area contributed by atoms with Gasteiger partial charge in [-0.2, -0.15) is 0 Å². The molecule has 0 aliphatic rings. The van der Waals surface area contributed by atoms with E-state index in [1.54, 1.807) is 42.5 Å². The summed E-state index contributed by atoms with van der Waals surface area (Å²) in [7, 11) is 0. The molecule has 0 unspecified atom stereocenters. The van der Waals surface area contributed by atoms with Crippen molar-refractivity contribution in [1.29, 1.82) is 0 Å². The van der Waals surface area contributed by atoms with Crippen molar-refractivity contribution in [3.63, 3.8) is 0 Å². The van der Waals surface area contributed by atoms with Crippen molar-refractivity contribution in [2.24, 2.45) is 0 Å². The number of hydrogen-bond donors (Lipinski definition) is 2. The third-order valence-electron chi connectivity index (χ3n) is 5.05. The Balaban J connectivity index is 1.66. The second kappa shape index (κ2) is 10.7. The third kappa shape index (κ3) is 6.68. The van der Waals surface area contributed by atoms with Crippen LogP contribution in [0.1, 0.15) is 60.4 Å². The molecular formula is C27H29BrN2O3. The molecule has 3 aromatic carbocycles. The molecule has 0 radical (unpaired) electrons. The average molecular weight is 509 g/mol. The van der Waals surface area contributed by atoms with Crippen molar-refractivity contribution in [2.75, 3.05) is 17.2 Å². The maximum Gasteiger partial charge on any atom is 0.255 e. The summed E-state index contributed by atoms with van der Waals surface area (Å²) in [5.74, 6) is 0.248. The van der Waals surface area contributed by atoms with Gasteiger partial charge in [0.2, 0.25) is 0 Å². The fourth-order valence-corrected chi connectivity index (χ4v) is 3.67. The molecule has 2 N–H and O–H groups in total. The van der Waals surface area contributed by atoms with E-state index >= 15 is 0 Å². The first kappa shape index (κ1) is 24.5. The number of rotatable bonds is 7. The van der Waals surface area contributed by atoms with Crippen LogP contribution >= 0.6 is 15.9 Å². The second-order valence-corrected chi connectivity index (χ2v) is 9.66. The highest BCUT2D eigenvalue weighted by Gasteiger charge is 2.15. The number of hydrogen-bond acceptors (Lipinski definition) is 3. The summed E-state index contributed by atoms with van der Waals surface area (Å²) in [6, 6.07) is 19.9. The second-order valence-electron chi connectivity index (χ2n) is 8.81. The van der Waals surface area contributed by atoms with E-state index < -0.39 is 0 Å². The van der Waals surface area contributed by atoms with Crippen LogP contribution in [0.3, 0.4) is 0 Å². The van der Waals surface area contributed by atoms with Crippen molar-refractivity contribution in [3.05, 3.63) is 87.9 Å². The Morgan fingerprint density at radius 1 is 0.848 bits per heavy atom. The van der Waals surface area contributed by atoms with Gasteiger partial charge in [0.25, 0.3) is 11.8 Å². The van der Waals surface area contributed by atoms with Gasteiger partial charge >= 0.3 is 0 Å². The number of carbonyl (C=O) groups is 2. The van der Waals surface area contributed by atoms with Gasteiger partial charge in [-0.05, 0) is 81.9 Å². The van der Waals surface area contributed by atoms with Crippen LogP contribution in [0.15, 0.2) is 71.2 Å². The zero-order valence-corrected chi connectivity index (χ0v) is 21.0. The van der Waals surface area contributed by atoms with Crippen LogP contribution in [-0.4, -0.2) is 18.4 Å². The Bertz CT molecular complexity index is 1130. The summed E-state index contributed by atoms with van der Waals surface area (Å²) in [5.41, 5.74) is 3.46. The number of nitrogens with one attached hydrogen (secondary N) is 2. The molecule has 0 bridgehead atoms. The lowest BCUT2D eigenvalue weighted by molar-refractivity contribution is 0.101. The summed E-state index contributed by atoms with van der Waals surface area (Å²) in [6.07, 6.45) is 0.907. The van der Waals surface area contributed by atoms with Gasteiger partial charge in [0.1, 0.15) is 5.75 Å². The molecule has 0 atom stereocenters. The summed E-state index contributed by atoms with van der Waals surface area (Å²) < 4.78 is 6.36. The number of ether oxygens (including phenoxy) is 1. The van der Waals surface area contributed by atoms with Crippen molar-refractivity contribution < 1.29 is 14.3 Å². The van der Waals surface area contributed by atoms with Crippen molar-refractivity contribution in [1.82, 2.24) is 0 Å². The van der Waals surface area contributed by atoms with E-state index in [1.807, 2.05) is 31.2 Å². The maximum absolute atomic E-state index is 12.7. The zero-order chi connectivity index (χ0) is 24.0. The Morgan fingerprint density at radius 3 is 1.97 bits per heavy atom. The first-order valence-corrected chi connectivity index (χ1v) is 11.7. The van der Waals surface area contributed by atoms with Crippen molar-refractivity contribution in [2.45, 2.75) is 39.5 Å². The van der Waals surface area contributed by atoms with E-state index in [2.05, 4.69) is 47.3 Å². The number of amides is 2. The molecule has 0 heterocycles. The summed E-state index contributed by atoms with van der Waals surface area (Å²) in [4.78, 5) is 25.4. The SMILES string of the molecule is CCCOc1ccc(C(=O)Nc2cccc(NC(=O)c3ccc(C(C)(C)C)cc3)c2)cc1Br. The first-order valence-electron chi connectivity index (χ1n) is 10.9. The normalized spacial score (nSPS) is 11.1. The third-order valence-corrected chi connectivity index (χ3v) is 5.67. The predicted molar refractivity (Wildman–Crippen MR) is 137 cm³/mol. The highest BCUT2D eigenvalue weighted by molar-refractivity contribution is 9.10. The van der Waals surface area contributed by atoms with Gasteiger partial charge < -0.3 is 15.4 Å². The molecule has 0 saturated heterocycles. The molecule has 2 amide bonds. The molecule has 3 aromatic rings. The van der Waals surface area contributed by atoms with Crippen LogP contribution in [0.25, 0.3) is 0 Å². The lowest BCUT2D eigenvalue weighted by atomic mass is 9.87. The quantitative estimate of drug-likeness (QED) is 0.359. The number of carbonyl (C=O) groups excluding carboxylic acids is 2. The lowest BCUT2D eigenvalue weighted by Gasteiger charge is -2.19. The fraction of sp³-hybridized carbons (Fsp3) is 0.259. The minimum atomic E-state index is -0.251. The first-order chi connectivity index (χ1) is 15.7. The van der Waals surface area contributed by atoms with Gasteiger partial charge in [-0.3, -0.25) is 9.59 Å². The van der Waals surface area contributed by atoms with Gasteiger partial charge in [0.05, 0.1) is 11.1 Å². The van der Waals surface area contributed by atoms with Gasteiger partial charge in [0, 0.05) is 22.5 Å². The number of halogens is 1. The molecule has 3 rings (SSSR count). The largest absolute Gasteiger partial charge is 0.492 e. The zero-order valence-electron chi connectivity index (χ0n) is 19.4. The molecule has 0 aliphatic carbocycles. The van der Waals surface area contributed by atoms with E-state index in [0.717, 1.165) is 10.9 Å². The molecule has 0 spiro atoms. The molecule has 172 valence electrons. The van der Waals surface area contributed by atoms with Gasteiger partial charge in [-0.25, -0.2) is 0 Å². The number of benzene rings is 3. The predicted octanol–water partition coefficient (Wildman–Crippen LogP) is 7.04. The molecule has 0 saturated carbocycles. The summed E-state index contributed by atoms with van der Waals surface area (Å²) >= 11 is 3.45. The highest BCUT2D eigenvalue weighted by Crippen LogP contribution is 2.27. The molecule has 0 fully saturated rings. The fourth-order valence-electron chi connectivity index (χ4n) is 3.17. The molecule has 5 nitrogen and oxygen atoms in total. The maximum atomic E-state index is 12.7. The van der Waals surface area contributed by atoms with Crippen LogP contribution in [-0.2, 0) is 5.41 Å². The molecule has 33 heavy (non-hydrogen) atoms. The molecule has 0 aromatic heterocycles. The Hall–Kier alpha value is -3.12. The van der Waals surface area contributed by atoms with Crippen molar-refractivity contribution >= 4 is 39.1 Å². The Kier molecular flexibility index (Phi) is 7.92. The monoisotopic (exact) mass is 508 g/mol. The van der Waals surface area contributed by atoms with Crippen LogP contribution in [0.2, 0.25) is 0 Å². The van der Waals surface area contributed by atoms with Gasteiger partial charge in [0.15, 0.2) is 0 Å². The van der Waals surface area contributed by atoms with Crippen LogP contribution in [0, 0.1) is 0 Å². The smallest absolute Gasteiger partial charge is 0.255 e. The van der Waals surface area contributed by atoms with Crippen LogP contribution in [0.5, 0.6) is 5.75 Å². The van der Waals surface area contributed by atoms with Crippen LogP contribution in [0.4, 0.5) is 11.4 Å². The topological polar surface area (TPSA) is 67.4 Å². The molecular weight excluding hydrogens is 480 g/mol. The Labute approximate surface area is 203 Å². The number of anilines is 2. The Morgan fingerprint density at radius 2 is 1.42 bits per heavy atom. The van der Waals surface area contributed by atoms with Gasteiger partial charge in [-0.1, -0.05) is 45.9 Å². The highest BCUT2D eigenvalue weighted by atomic mass is 79.9. The standard InChI is InChI=1S/C27H29BrN2O3/c1-5-15-33-24-14-11-19(16-23(24)28)26(32)30-22-8-6-7-21(17-22)29-25(31)18-9-12-20(13-10-18)27(2,3)4/h6-14,16-17H,5,15H2,1-4H3,(H,29,31)(H,30,32). The lowest BCUT2D eigenvalue weighted by Crippen LogP contribution is -2.15. The van der Waals surface area contributed by atoms with Crippen molar-refractivity contribution in [3.8, 4) is 5.75 Å². The van der Waals surface area contributed by atoms with E-state index in [1.165, 1.54) is 5.56 Å². The average Bonchev–Trinajstić information content (AvgIpc) is 2.78. The van der Waals surface area contributed by atoms with E-state index in [9.17, 15) is 9.59 Å².